The van der Waals surface area contributed by atoms with Crippen molar-refractivity contribution in [2.45, 2.75) is 89.6 Å². The molecule has 0 amide bonds. The van der Waals surface area contributed by atoms with Crippen LogP contribution in [0.15, 0.2) is 35.9 Å². The number of cyclic esters (lactones) is 1. The zero-order chi connectivity index (χ0) is 29.2. The summed E-state index contributed by atoms with van der Waals surface area (Å²) in [6, 6.07) is 5.78. The average Bonchev–Trinajstić information content (AvgIpc) is 3.49. The van der Waals surface area contributed by atoms with Gasteiger partial charge in [-0.05, 0) is 104 Å². The van der Waals surface area contributed by atoms with Crippen LogP contribution in [0.4, 0.5) is 10.5 Å². The van der Waals surface area contributed by atoms with Gasteiger partial charge in [-0.3, -0.25) is 10.1 Å². The molecule has 0 spiro atoms. The molecular formula is C31H39NO9. The number of benzene rings is 1. The van der Waals surface area contributed by atoms with Crippen LogP contribution in [0.2, 0.25) is 0 Å². The summed E-state index contributed by atoms with van der Waals surface area (Å²) >= 11 is 0. The third-order valence-electron chi connectivity index (χ3n) is 11.8. The average molecular weight is 570 g/mol. The van der Waals surface area contributed by atoms with Crippen molar-refractivity contribution >= 4 is 17.8 Å². The van der Waals surface area contributed by atoms with E-state index in [1.807, 2.05) is 6.92 Å². The first-order valence-electron chi connectivity index (χ1n) is 14.8. The lowest BCUT2D eigenvalue weighted by molar-refractivity contribution is -0.384. The lowest BCUT2D eigenvalue weighted by Crippen LogP contribution is -2.67. The molecule has 222 valence electrons. The first kappa shape index (κ1) is 28.2. The van der Waals surface area contributed by atoms with Gasteiger partial charge in [0.25, 0.3) is 5.69 Å². The monoisotopic (exact) mass is 569 g/mol. The summed E-state index contributed by atoms with van der Waals surface area (Å²) in [5.74, 6) is -0.111. The molecule has 5 aliphatic rings. The first-order chi connectivity index (χ1) is 19.5. The van der Waals surface area contributed by atoms with Gasteiger partial charge in [-0.25, -0.2) is 9.59 Å². The van der Waals surface area contributed by atoms with Gasteiger partial charge in [0.1, 0.15) is 19.3 Å². The summed E-state index contributed by atoms with van der Waals surface area (Å²) in [6.45, 7) is 4.36. The minimum atomic E-state index is -1.11. The van der Waals surface area contributed by atoms with Crippen LogP contribution in [0.5, 0.6) is 0 Å². The Hall–Kier alpha value is -2.98. The Bertz CT molecular complexity index is 1260. The lowest BCUT2D eigenvalue weighted by atomic mass is 9.42. The summed E-state index contributed by atoms with van der Waals surface area (Å²) < 4.78 is 16.9. The predicted octanol–water partition coefficient (Wildman–Crippen LogP) is 4.84. The molecule has 1 aliphatic heterocycles. The van der Waals surface area contributed by atoms with Crippen molar-refractivity contribution in [2.75, 3.05) is 6.61 Å². The number of non-ortho nitro benzene ring substituents is 1. The highest BCUT2D eigenvalue weighted by Crippen LogP contribution is 2.70. The molecule has 0 aromatic heterocycles. The molecule has 9 atom stereocenters. The molecule has 0 saturated heterocycles. The number of carbonyl (C=O) groups is 2. The molecule has 2 N–H and O–H groups in total. The zero-order valence-electron chi connectivity index (χ0n) is 23.6. The molecule has 0 radical (unpaired) electrons. The molecular weight excluding hydrogens is 530 g/mol. The summed E-state index contributed by atoms with van der Waals surface area (Å²) in [5, 5.41) is 34.1. The van der Waals surface area contributed by atoms with Gasteiger partial charge in [-0.15, -0.1) is 0 Å². The standard InChI is InChI=1S/C31H39NO9/c1-29-11-9-22(33)14-20(29)5-8-24-25(29)15-26(41-28(35)40-16-18-3-6-21(7-4-18)32(37)38)30(2)23(10-12-31(24,30)36)19-13-27(34)39-17-19/h3-4,6-7,13,20,22-26,33,36H,5,8-12,14-17H2,1-2H3/t20-,22+,23-,24-,25+,26-,29+,30+,31+/m1/s1. The zero-order valence-corrected chi connectivity index (χ0v) is 23.6. The van der Waals surface area contributed by atoms with Crippen LogP contribution in [0.1, 0.15) is 70.8 Å². The van der Waals surface area contributed by atoms with E-state index < -0.39 is 28.2 Å². The third kappa shape index (κ3) is 4.45. The summed E-state index contributed by atoms with van der Waals surface area (Å²) in [7, 11) is 0. The second-order valence-corrected chi connectivity index (χ2v) is 13.4. The van der Waals surface area contributed by atoms with Gasteiger partial charge < -0.3 is 24.4 Å². The maximum Gasteiger partial charge on any atom is 0.508 e. The molecule has 1 heterocycles. The number of rotatable bonds is 5. The first-order valence-corrected chi connectivity index (χ1v) is 14.8. The largest absolute Gasteiger partial charge is 0.508 e. The highest BCUT2D eigenvalue weighted by molar-refractivity contribution is 5.85. The topological polar surface area (TPSA) is 145 Å². The Morgan fingerprint density at radius 2 is 1.85 bits per heavy atom. The van der Waals surface area contributed by atoms with Gasteiger partial charge in [0.15, 0.2) is 0 Å². The van der Waals surface area contributed by atoms with E-state index in [9.17, 15) is 29.9 Å². The van der Waals surface area contributed by atoms with Crippen molar-refractivity contribution in [3.05, 3.63) is 51.6 Å². The summed E-state index contributed by atoms with van der Waals surface area (Å²) in [6.07, 6.45) is 5.62. The number of hydrogen-bond acceptors (Lipinski definition) is 9. The quantitative estimate of drug-likeness (QED) is 0.289. The highest BCUT2D eigenvalue weighted by atomic mass is 16.7. The Balaban J connectivity index is 1.29. The molecule has 4 saturated carbocycles. The Morgan fingerprint density at radius 1 is 1.10 bits per heavy atom. The number of esters is 1. The lowest BCUT2D eigenvalue weighted by Gasteiger charge is -2.65. The van der Waals surface area contributed by atoms with Crippen LogP contribution in [0, 0.1) is 44.6 Å². The van der Waals surface area contributed by atoms with Crippen LogP contribution in [0.3, 0.4) is 0 Å². The minimum absolute atomic E-state index is 0.0172. The molecule has 1 aromatic carbocycles. The van der Waals surface area contributed by atoms with Crippen LogP contribution in [-0.2, 0) is 25.6 Å². The van der Waals surface area contributed by atoms with Crippen molar-refractivity contribution in [1.82, 2.24) is 0 Å². The van der Waals surface area contributed by atoms with Gasteiger partial charge in [-0.2, -0.15) is 0 Å². The van der Waals surface area contributed by atoms with Crippen molar-refractivity contribution in [1.29, 1.82) is 0 Å². The van der Waals surface area contributed by atoms with Crippen LogP contribution >= 0.6 is 0 Å². The van der Waals surface area contributed by atoms with E-state index in [0.29, 0.717) is 30.7 Å². The van der Waals surface area contributed by atoms with Crippen molar-refractivity contribution < 1.29 is 38.9 Å². The van der Waals surface area contributed by atoms with Crippen molar-refractivity contribution in [2.24, 2.45) is 34.5 Å². The van der Waals surface area contributed by atoms with Crippen LogP contribution in [-0.4, -0.2) is 51.7 Å². The fraction of sp³-hybridized carbons (Fsp3) is 0.677. The van der Waals surface area contributed by atoms with Crippen molar-refractivity contribution in [3.63, 3.8) is 0 Å². The number of carbonyl (C=O) groups excluding carboxylic acids is 2. The Labute approximate surface area is 239 Å². The summed E-state index contributed by atoms with van der Waals surface area (Å²) in [4.78, 5) is 35.7. The van der Waals surface area contributed by atoms with E-state index >= 15 is 0 Å². The molecule has 4 aliphatic carbocycles. The van der Waals surface area contributed by atoms with E-state index in [1.165, 1.54) is 30.3 Å². The molecule has 10 nitrogen and oxygen atoms in total. The smallest absolute Gasteiger partial charge is 0.458 e. The number of ether oxygens (including phenoxy) is 3. The normalized spacial score (nSPS) is 41.4. The molecule has 0 unspecified atom stereocenters. The van der Waals surface area contributed by atoms with Crippen molar-refractivity contribution in [3.8, 4) is 0 Å². The minimum Gasteiger partial charge on any atom is -0.458 e. The van der Waals surface area contributed by atoms with E-state index in [-0.39, 0.29) is 54.1 Å². The molecule has 4 fully saturated rings. The van der Waals surface area contributed by atoms with Crippen LogP contribution in [0.25, 0.3) is 0 Å². The summed E-state index contributed by atoms with van der Waals surface area (Å²) in [5.41, 5.74) is -0.676. The number of aliphatic hydroxyl groups excluding tert-OH is 1. The van der Waals surface area contributed by atoms with E-state index in [0.717, 1.165) is 37.7 Å². The Kier molecular flexibility index (Phi) is 6.92. The van der Waals surface area contributed by atoms with Gasteiger partial charge in [-0.1, -0.05) is 13.8 Å². The van der Waals surface area contributed by atoms with Gasteiger partial charge in [0, 0.05) is 23.6 Å². The second kappa shape index (κ2) is 10.1. The number of aliphatic hydroxyl groups is 2. The molecule has 1 aromatic rings. The maximum absolute atomic E-state index is 13.2. The van der Waals surface area contributed by atoms with Gasteiger partial charge in [0.05, 0.1) is 16.6 Å². The number of nitrogens with zero attached hydrogens (tertiary/aromatic N) is 1. The van der Waals surface area contributed by atoms with E-state index in [4.69, 9.17) is 14.2 Å². The van der Waals surface area contributed by atoms with Gasteiger partial charge in [0.2, 0.25) is 0 Å². The number of nitro groups is 1. The predicted molar refractivity (Wildman–Crippen MR) is 145 cm³/mol. The molecule has 10 heteroatoms. The maximum atomic E-state index is 13.2. The second-order valence-electron chi connectivity index (χ2n) is 13.4. The highest BCUT2D eigenvalue weighted by Gasteiger charge is 2.72. The number of hydrogen-bond donors (Lipinski definition) is 2. The fourth-order valence-electron chi connectivity index (χ4n) is 9.52. The molecule has 0 bridgehead atoms. The fourth-order valence-corrected chi connectivity index (χ4v) is 9.52. The SMILES string of the molecule is C[C@]12CC[C@H](O)C[C@H]1CC[C@@H]1[C@@H]2C[C@@H](OC(=O)OCc2ccc([N+](=O)[O-])cc2)[C@]2(C)[C@@H](C3=CC(=O)OC3)CC[C@]12O. The Morgan fingerprint density at radius 3 is 2.54 bits per heavy atom. The van der Waals surface area contributed by atoms with E-state index in [2.05, 4.69) is 6.92 Å². The van der Waals surface area contributed by atoms with E-state index in [1.54, 1.807) is 0 Å². The van der Waals surface area contributed by atoms with Gasteiger partial charge >= 0.3 is 12.1 Å². The number of nitro benzene ring substituents is 1. The third-order valence-corrected chi connectivity index (χ3v) is 11.8. The molecule has 41 heavy (non-hydrogen) atoms. The number of fused-ring (bicyclic) bond motifs is 5. The van der Waals surface area contributed by atoms with Crippen LogP contribution < -0.4 is 0 Å². The molecule has 6 rings (SSSR count).